The van der Waals surface area contributed by atoms with Gasteiger partial charge in [-0.2, -0.15) is 0 Å². The lowest BCUT2D eigenvalue weighted by atomic mass is 9.80. The van der Waals surface area contributed by atoms with Crippen molar-refractivity contribution in [3.05, 3.63) is 23.7 Å². The van der Waals surface area contributed by atoms with Crippen LogP contribution in [-0.4, -0.2) is 30.3 Å². The van der Waals surface area contributed by atoms with Crippen LogP contribution < -0.4 is 5.32 Å². The van der Waals surface area contributed by atoms with Gasteiger partial charge < -0.3 is 19.6 Å². The van der Waals surface area contributed by atoms with E-state index in [4.69, 9.17) is 4.42 Å². The molecule has 0 aromatic carbocycles. The van der Waals surface area contributed by atoms with E-state index >= 15 is 0 Å². The highest BCUT2D eigenvalue weighted by Crippen LogP contribution is 2.31. The molecule has 100 valence electrons. The second-order valence-corrected chi connectivity index (χ2v) is 4.87. The van der Waals surface area contributed by atoms with Crippen LogP contribution in [0.2, 0.25) is 0 Å². The van der Waals surface area contributed by atoms with Crippen molar-refractivity contribution in [3.8, 4) is 0 Å². The Morgan fingerprint density at radius 1 is 1.61 bits per heavy atom. The molecule has 0 amide bonds. The van der Waals surface area contributed by atoms with E-state index in [1.165, 1.54) is 7.11 Å². The predicted octanol–water partition coefficient (Wildman–Crippen LogP) is 1.63. The van der Waals surface area contributed by atoms with E-state index in [2.05, 4.69) is 10.1 Å². The Balaban J connectivity index is 1.90. The van der Waals surface area contributed by atoms with E-state index in [0.717, 1.165) is 19.3 Å². The summed E-state index contributed by atoms with van der Waals surface area (Å²) in [7, 11) is 1.32. The molecule has 1 aliphatic rings. The van der Waals surface area contributed by atoms with Gasteiger partial charge in [0.25, 0.3) is 0 Å². The molecule has 0 saturated heterocycles. The van der Waals surface area contributed by atoms with Gasteiger partial charge in [-0.1, -0.05) is 0 Å². The Labute approximate surface area is 106 Å². The van der Waals surface area contributed by atoms with E-state index in [-0.39, 0.29) is 11.8 Å². The van der Waals surface area contributed by atoms with E-state index in [0.29, 0.717) is 12.3 Å². The smallest absolute Gasteiger partial charge is 0.373 e. The molecule has 5 nitrogen and oxygen atoms in total. The van der Waals surface area contributed by atoms with Gasteiger partial charge in [-0.15, -0.1) is 0 Å². The minimum absolute atomic E-state index is 0.0481. The highest BCUT2D eigenvalue weighted by molar-refractivity contribution is 5.86. The average molecular weight is 253 g/mol. The first-order valence-electron chi connectivity index (χ1n) is 6.18. The molecular weight excluding hydrogens is 234 g/mol. The van der Waals surface area contributed by atoms with Crippen LogP contribution in [-0.2, 0) is 4.74 Å². The van der Waals surface area contributed by atoms with Crippen LogP contribution in [0.1, 0.15) is 48.5 Å². The van der Waals surface area contributed by atoms with E-state index in [1.807, 2.05) is 6.92 Å². The molecule has 1 unspecified atom stereocenters. The lowest BCUT2D eigenvalue weighted by Crippen LogP contribution is -2.46. The molecule has 1 aliphatic carbocycles. The fourth-order valence-corrected chi connectivity index (χ4v) is 2.00. The largest absolute Gasteiger partial charge is 0.463 e. The Morgan fingerprint density at radius 3 is 2.89 bits per heavy atom. The standard InChI is InChI=1S/C13H19NO4/c1-9(14-8-13(16)6-3-7-13)10-4-5-11(18-10)12(15)17-2/h4-5,9,14,16H,3,6-8H2,1-2H3. The number of aliphatic hydroxyl groups is 1. The van der Waals surface area contributed by atoms with Gasteiger partial charge in [-0.3, -0.25) is 0 Å². The third kappa shape index (κ3) is 2.73. The quantitative estimate of drug-likeness (QED) is 0.780. The van der Waals surface area contributed by atoms with Crippen molar-refractivity contribution in [1.29, 1.82) is 0 Å². The summed E-state index contributed by atoms with van der Waals surface area (Å²) in [6.45, 7) is 2.48. The molecule has 2 N–H and O–H groups in total. The molecule has 0 aliphatic heterocycles. The molecule has 5 heteroatoms. The van der Waals surface area contributed by atoms with Crippen LogP contribution in [0.5, 0.6) is 0 Å². The Bertz CT molecular complexity index is 422. The summed E-state index contributed by atoms with van der Waals surface area (Å²) in [5.74, 6) is 0.382. The van der Waals surface area contributed by atoms with Gasteiger partial charge in [0.05, 0.1) is 18.8 Å². The molecule has 1 heterocycles. The Kier molecular flexibility index (Phi) is 3.73. The van der Waals surface area contributed by atoms with Crippen LogP contribution in [0, 0.1) is 0 Å². The molecule has 0 spiro atoms. The second kappa shape index (κ2) is 5.12. The summed E-state index contributed by atoms with van der Waals surface area (Å²) < 4.78 is 9.97. The van der Waals surface area contributed by atoms with Gasteiger partial charge in [0, 0.05) is 6.54 Å². The molecule has 1 fully saturated rings. The first-order valence-corrected chi connectivity index (χ1v) is 6.18. The number of esters is 1. The van der Waals surface area contributed by atoms with Crippen molar-refractivity contribution >= 4 is 5.97 Å². The third-order valence-electron chi connectivity index (χ3n) is 3.46. The molecular formula is C13H19NO4. The topological polar surface area (TPSA) is 71.7 Å². The fraction of sp³-hybridized carbons (Fsp3) is 0.615. The number of hydrogen-bond acceptors (Lipinski definition) is 5. The van der Waals surface area contributed by atoms with Crippen molar-refractivity contribution in [2.45, 2.75) is 37.8 Å². The van der Waals surface area contributed by atoms with Crippen LogP contribution >= 0.6 is 0 Å². The lowest BCUT2D eigenvalue weighted by molar-refractivity contribution is -0.0333. The van der Waals surface area contributed by atoms with Crippen LogP contribution in [0.25, 0.3) is 0 Å². The SMILES string of the molecule is COC(=O)c1ccc(C(C)NCC2(O)CCC2)o1. The molecule has 0 bridgehead atoms. The van der Waals surface area contributed by atoms with E-state index < -0.39 is 11.6 Å². The maximum atomic E-state index is 11.2. The zero-order chi connectivity index (χ0) is 13.2. The van der Waals surface area contributed by atoms with E-state index in [1.54, 1.807) is 12.1 Å². The molecule has 2 rings (SSSR count). The van der Waals surface area contributed by atoms with Gasteiger partial charge in [-0.25, -0.2) is 4.79 Å². The van der Waals surface area contributed by atoms with Crippen molar-refractivity contribution < 1.29 is 19.1 Å². The van der Waals surface area contributed by atoms with Crippen LogP contribution in [0.3, 0.4) is 0 Å². The summed E-state index contributed by atoms with van der Waals surface area (Å²) in [4.78, 5) is 11.2. The molecule has 0 radical (unpaired) electrons. The number of furan rings is 1. The van der Waals surface area contributed by atoms with Crippen molar-refractivity contribution in [1.82, 2.24) is 5.32 Å². The Morgan fingerprint density at radius 2 is 2.33 bits per heavy atom. The third-order valence-corrected chi connectivity index (χ3v) is 3.46. The number of nitrogens with one attached hydrogen (secondary N) is 1. The summed E-state index contributed by atoms with van der Waals surface area (Å²) in [5.41, 5.74) is -0.563. The number of ether oxygens (including phenoxy) is 1. The van der Waals surface area contributed by atoms with Gasteiger partial charge in [0.15, 0.2) is 0 Å². The minimum atomic E-state index is -0.563. The zero-order valence-corrected chi connectivity index (χ0v) is 10.7. The first kappa shape index (κ1) is 13.1. The minimum Gasteiger partial charge on any atom is -0.463 e. The van der Waals surface area contributed by atoms with Gasteiger partial charge in [0.2, 0.25) is 5.76 Å². The Hall–Kier alpha value is -1.33. The number of carbonyl (C=O) groups excluding carboxylic acids is 1. The van der Waals surface area contributed by atoms with Crippen molar-refractivity contribution in [2.75, 3.05) is 13.7 Å². The summed E-state index contributed by atoms with van der Waals surface area (Å²) >= 11 is 0. The van der Waals surface area contributed by atoms with Gasteiger partial charge in [-0.05, 0) is 38.3 Å². The maximum absolute atomic E-state index is 11.2. The summed E-state index contributed by atoms with van der Waals surface area (Å²) in [5, 5.41) is 13.2. The lowest BCUT2D eigenvalue weighted by Gasteiger charge is -2.37. The summed E-state index contributed by atoms with van der Waals surface area (Å²) in [6.07, 6.45) is 2.77. The molecule has 1 atom stereocenters. The second-order valence-electron chi connectivity index (χ2n) is 4.87. The van der Waals surface area contributed by atoms with Crippen LogP contribution in [0.4, 0.5) is 0 Å². The monoisotopic (exact) mass is 253 g/mol. The highest BCUT2D eigenvalue weighted by atomic mass is 16.5. The number of rotatable bonds is 5. The fourth-order valence-electron chi connectivity index (χ4n) is 2.00. The molecule has 1 saturated carbocycles. The van der Waals surface area contributed by atoms with Crippen LogP contribution in [0.15, 0.2) is 16.5 Å². The molecule has 1 aromatic heterocycles. The number of carbonyl (C=O) groups is 1. The van der Waals surface area contributed by atoms with Crippen molar-refractivity contribution in [3.63, 3.8) is 0 Å². The normalized spacial score (nSPS) is 19.1. The molecule has 1 aromatic rings. The van der Waals surface area contributed by atoms with E-state index in [9.17, 15) is 9.90 Å². The summed E-state index contributed by atoms with van der Waals surface area (Å²) in [6, 6.07) is 3.29. The first-order chi connectivity index (χ1) is 8.54. The number of hydrogen-bond donors (Lipinski definition) is 2. The highest BCUT2D eigenvalue weighted by Gasteiger charge is 2.34. The zero-order valence-electron chi connectivity index (χ0n) is 10.7. The number of methoxy groups -OCH3 is 1. The van der Waals surface area contributed by atoms with Gasteiger partial charge >= 0.3 is 5.97 Å². The predicted molar refractivity (Wildman–Crippen MR) is 65.3 cm³/mol. The average Bonchev–Trinajstić information content (AvgIpc) is 2.82. The molecule has 18 heavy (non-hydrogen) atoms. The van der Waals surface area contributed by atoms with Crippen molar-refractivity contribution in [2.24, 2.45) is 0 Å². The van der Waals surface area contributed by atoms with Gasteiger partial charge in [0.1, 0.15) is 5.76 Å². The maximum Gasteiger partial charge on any atom is 0.373 e.